The van der Waals surface area contributed by atoms with Crippen LogP contribution >= 0.6 is 11.8 Å². The molecule has 0 saturated carbocycles. The van der Waals surface area contributed by atoms with Crippen molar-refractivity contribution >= 4 is 23.1 Å². The van der Waals surface area contributed by atoms with Gasteiger partial charge in [-0.2, -0.15) is 0 Å². The van der Waals surface area contributed by atoms with Crippen molar-refractivity contribution in [3.05, 3.63) is 28.3 Å². The maximum atomic E-state index is 10.7. The SMILES string of the molecule is Nc1cc(SCC2CCCO2)cc([N+](=O)[O-])c1. The molecule has 0 amide bonds. The van der Waals surface area contributed by atoms with Gasteiger partial charge >= 0.3 is 0 Å². The molecular formula is C11H14N2O3S. The molecule has 6 heteroatoms. The average molecular weight is 254 g/mol. The highest BCUT2D eigenvalue weighted by Gasteiger charge is 2.16. The summed E-state index contributed by atoms with van der Waals surface area (Å²) in [5.41, 5.74) is 6.10. The lowest BCUT2D eigenvalue weighted by Gasteiger charge is -2.08. The zero-order valence-corrected chi connectivity index (χ0v) is 10.1. The number of nitro groups is 1. The van der Waals surface area contributed by atoms with Gasteiger partial charge in [0.05, 0.1) is 11.0 Å². The Morgan fingerprint density at radius 3 is 3.00 bits per heavy atom. The molecule has 1 aromatic carbocycles. The van der Waals surface area contributed by atoms with Crippen LogP contribution in [-0.2, 0) is 4.74 Å². The second-order valence-corrected chi connectivity index (χ2v) is 5.06. The minimum atomic E-state index is -0.424. The number of nitrogen functional groups attached to an aromatic ring is 1. The maximum Gasteiger partial charge on any atom is 0.272 e. The second-order valence-electron chi connectivity index (χ2n) is 3.96. The van der Waals surface area contributed by atoms with Crippen molar-refractivity contribution in [2.24, 2.45) is 0 Å². The van der Waals surface area contributed by atoms with E-state index in [9.17, 15) is 10.1 Å². The second kappa shape index (κ2) is 5.37. The number of anilines is 1. The number of hydrogen-bond acceptors (Lipinski definition) is 5. The van der Waals surface area contributed by atoms with Crippen molar-refractivity contribution in [2.75, 3.05) is 18.1 Å². The van der Waals surface area contributed by atoms with Gasteiger partial charge in [-0.1, -0.05) is 0 Å². The fourth-order valence-electron chi connectivity index (χ4n) is 1.76. The first kappa shape index (κ1) is 12.2. The van der Waals surface area contributed by atoms with E-state index in [4.69, 9.17) is 10.5 Å². The summed E-state index contributed by atoms with van der Waals surface area (Å²) in [6.45, 7) is 0.822. The van der Waals surface area contributed by atoms with Crippen LogP contribution in [0.3, 0.4) is 0 Å². The molecule has 5 nitrogen and oxygen atoms in total. The van der Waals surface area contributed by atoms with Crippen LogP contribution in [0.2, 0.25) is 0 Å². The highest BCUT2D eigenvalue weighted by atomic mass is 32.2. The molecule has 2 N–H and O–H groups in total. The van der Waals surface area contributed by atoms with E-state index < -0.39 is 4.92 Å². The molecule has 1 fully saturated rings. The van der Waals surface area contributed by atoms with Crippen LogP contribution in [0.5, 0.6) is 0 Å². The number of non-ortho nitro benzene ring substituents is 1. The van der Waals surface area contributed by atoms with Gasteiger partial charge in [0.2, 0.25) is 0 Å². The Morgan fingerprint density at radius 1 is 1.53 bits per heavy atom. The summed E-state index contributed by atoms with van der Waals surface area (Å²) in [6.07, 6.45) is 2.43. The van der Waals surface area contributed by atoms with Crippen LogP contribution in [0.1, 0.15) is 12.8 Å². The highest BCUT2D eigenvalue weighted by molar-refractivity contribution is 7.99. The third-order valence-electron chi connectivity index (χ3n) is 2.58. The van der Waals surface area contributed by atoms with Crippen LogP contribution in [0.25, 0.3) is 0 Å². The molecule has 0 spiro atoms. The van der Waals surface area contributed by atoms with E-state index in [2.05, 4.69) is 0 Å². The fourth-order valence-corrected chi connectivity index (χ4v) is 2.82. The summed E-state index contributed by atoms with van der Waals surface area (Å²) in [5, 5.41) is 10.7. The minimum Gasteiger partial charge on any atom is -0.398 e. The molecular weight excluding hydrogens is 240 g/mol. The number of benzene rings is 1. The van der Waals surface area contributed by atoms with Crippen molar-refractivity contribution in [3.63, 3.8) is 0 Å². The number of nitro benzene ring substituents is 1. The standard InChI is InChI=1S/C11H14N2O3S/c12-8-4-9(13(14)15)6-11(5-8)17-7-10-2-1-3-16-10/h4-6,10H,1-3,7,12H2. The van der Waals surface area contributed by atoms with Gasteiger partial charge in [-0.05, 0) is 18.9 Å². The largest absolute Gasteiger partial charge is 0.398 e. The van der Waals surface area contributed by atoms with Gasteiger partial charge in [0.15, 0.2) is 0 Å². The molecule has 0 bridgehead atoms. The third-order valence-corrected chi connectivity index (χ3v) is 3.69. The molecule has 1 aromatic rings. The van der Waals surface area contributed by atoms with Gasteiger partial charge in [0.1, 0.15) is 0 Å². The summed E-state index contributed by atoms with van der Waals surface area (Å²) in [4.78, 5) is 11.1. The summed E-state index contributed by atoms with van der Waals surface area (Å²) in [5.74, 6) is 0.820. The van der Waals surface area contributed by atoms with Crippen molar-refractivity contribution in [2.45, 2.75) is 23.8 Å². The molecule has 0 aliphatic carbocycles. The van der Waals surface area contributed by atoms with Crippen molar-refractivity contribution < 1.29 is 9.66 Å². The molecule has 1 saturated heterocycles. The molecule has 1 unspecified atom stereocenters. The van der Waals surface area contributed by atoms with Gasteiger partial charge < -0.3 is 10.5 Å². The Labute approximate surface area is 103 Å². The molecule has 0 aromatic heterocycles. The summed E-state index contributed by atoms with van der Waals surface area (Å²) < 4.78 is 5.50. The van der Waals surface area contributed by atoms with Crippen molar-refractivity contribution in [3.8, 4) is 0 Å². The molecule has 2 rings (SSSR count). The predicted octanol–water partition coefficient (Wildman–Crippen LogP) is 2.45. The molecule has 0 radical (unpaired) electrons. The van der Waals surface area contributed by atoms with Crippen LogP contribution in [0.15, 0.2) is 23.1 Å². The van der Waals surface area contributed by atoms with E-state index >= 15 is 0 Å². The lowest BCUT2D eigenvalue weighted by Crippen LogP contribution is -2.07. The van der Waals surface area contributed by atoms with E-state index in [0.717, 1.165) is 30.1 Å². The topological polar surface area (TPSA) is 78.4 Å². The quantitative estimate of drug-likeness (QED) is 0.386. The van der Waals surface area contributed by atoms with E-state index in [-0.39, 0.29) is 11.8 Å². The van der Waals surface area contributed by atoms with Crippen LogP contribution < -0.4 is 5.73 Å². The molecule has 1 heterocycles. The summed E-state index contributed by atoms with van der Waals surface area (Å²) >= 11 is 1.55. The van der Waals surface area contributed by atoms with Gasteiger partial charge in [-0.25, -0.2) is 0 Å². The Hall–Kier alpha value is -1.27. The van der Waals surface area contributed by atoms with Crippen LogP contribution in [-0.4, -0.2) is 23.4 Å². The maximum absolute atomic E-state index is 10.7. The first-order chi connectivity index (χ1) is 8.15. The number of thioether (sulfide) groups is 1. The molecule has 92 valence electrons. The number of hydrogen-bond donors (Lipinski definition) is 1. The van der Waals surface area contributed by atoms with Crippen molar-refractivity contribution in [1.82, 2.24) is 0 Å². The van der Waals surface area contributed by atoms with Gasteiger partial charge in [-0.15, -0.1) is 11.8 Å². The Bertz CT molecular complexity index is 419. The number of nitrogens with two attached hydrogens (primary N) is 1. The zero-order chi connectivity index (χ0) is 12.3. The fraction of sp³-hybridized carbons (Fsp3) is 0.455. The lowest BCUT2D eigenvalue weighted by molar-refractivity contribution is -0.385. The first-order valence-corrected chi connectivity index (χ1v) is 6.43. The summed E-state index contributed by atoms with van der Waals surface area (Å²) in [7, 11) is 0. The van der Waals surface area contributed by atoms with E-state index in [1.54, 1.807) is 23.9 Å². The van der Waals surface area contributed by atoms with Gasteiger partial charge in [0.25, 0.3) is 5.69 Å². The molecule has 17 heavy (non-hydrogen) atoms. The molecule has 1 aliphatic rings. The number of ether oxygens (including phenoxy) is 1. The Morgan fingerprint density at radius 2 is 2.35 bits per heavy atom. The monoisotopic (exact) mass is 254 g/mol. The third kappa shape index (κ3) is 3.34. The average Bonchev–Trinajstić information content (AvgIpc) is 2.78. The highest BCUT2D eigenvalue weighted by Crippen LogP contribution is 2.28. The van der Waals surface area contributed by atoms with Gasteiger partial charge in [0, 0.05) is 35.1 Å². The Balaban J connectivity index is 2.01. The van der Waals surface area contributed by atoms with E-state index in [1.807, 2.05) is 0 Å². The predicted molar refractivity (Wildman–Crippen MR) is 67.2 cm³/mol. The summed E-state index contributed by atoms with van der Waals surface area (Å²) in [6, 6.07) is 4.68. The molecule has 1 atom stereocenters. The number of rotatable bonds is 4. The van der Waals surface area contributed by atoms with Crippen LogP contribution in [0.4, 0.5) is 11.4 Å². The number of nitrogens with zero attached hydrogens (tertiary/aromatic N) is 1. The Kier molecular flexibility index (Phi) is 3.86. The normalized spacial score (nSPS) is 19.4. The lowest BCUT2D eigenvalue weighted by atomic mass is 10.3. The van der Waals surface area contributed by atoms with E-state index in [1.165, 1.54) is 6.07 Å². The van der Waals surface area contributed by atoms with E-state index in [0.29, 0.717) is 5.69 Å². The smallest absolute Gasteiger partial charge is 0.272 e. The first-order valence-electron chi connectivity index (χ1n) is 5.44. The van der Waals surface area contributed by atoms with Crippen LogP contribution in [0, 0.1) is 10.1 Å². The molecule has 1 aliphatic heterocycles. The zero-order valence-electron chi connectivity index (χ0n) is 9.30. The van der Waals surface area contributed by atoms with Gasteiger partial charge in [-0.3, -0.25) is 10.1 Å². The van der Waals surface area contributed by atoms with Crippen molar-refractivity contribution in [1.29, 1.82) is 0 Å². The minimum absolute atomic E-state index is 0.0415.